The molecule has 1 unspecified atom stereocenters. The minimum absolute atomic E-state index is 0.249. The Morgan fingerprint density at radius 1 is 1.53 bits per heavy atom. The molecule has 3 nitrogen and oxygen atoms in total. The molecule has 1 aliphatic heterocycles. The summed E-state index contributed by atoms with van der Waals surface area (Å²) in [7, 11) is 0. The number of rotatable bonds is 1. The molecule has 0 fully saturated rings. The normalized spacial score (nSPS) is 19.9. The van der Waals surface area contributed by atoms with Crippen LogP contribution in [0.15, 0.2) is 18.2 Å². The lowest BCUT2D eigenvalue weighted by molar-refractivity contribution is -0.141. The number of carbonyl (C=O) groups is 1. The number of hydrogen-bond donors (Lipinski definition) is 2. The average Bonchev–Trinajstić information content (AvgIpc) is 2.39. The van der Waals surface area contributed by atoms with Gasteiger partial charge in [0.25, 0.3) is 0 Å². The highest BCUT2D eigenvalue weighted by Gasteiger charge is 2.21. The summed E-state index contributed by atoms with van der Waals surface area (Å²) in [5.41, 5.74) is 3.39. The second kappa shape index (κ2) is 3.93. The summed E-state index contributed by atoms with van der Waals surface area (Å²) >= 11 is 0. The second-order valence-electron chi connectivity index (χ2n) is 4.12. The van der Waals surface area contributed by atoms with Crippen LogP contribution in [0.4, 0.5) is 5.69 Å². The first-order valence-corrected chi connectivity index (χ1v) is 5.23. The highest BCUT2D eigenvalue weighted by Crippen LogP contribution is 2.25. The summed E-state index contributed by atoms with van der Waals surface area (Å²) in [5.74, 6) is -0.938. The number of hydrogen-bond acceptors (Lipinski definition) is 2. The van der Waals surface area contributed by atoms with Gasteiger partial charge >= 0.3 is 5.97 Å². The van der Waals surface area contributed by atoms with Crippen molar-refractivity contribution < 1.29 is 9.90 Å². The zero-order chi connectivity index (χ0) is 10.8. The van der Waals surface area contributed by atoms with Crippen LogP contribution in [0, 0.1) is 12.8 Å². The molecular formula is C12H15NO2. The minimum atomic E-state index is -0.689. The van der Waals surface area contributed by atoms with Crippen LogP contribution in [0.25, 0.3) is 0 Å². The van der Waals surface area contributed by atoms with Gasteiger partial charge in [-0.05, 0) is 31.4 Å². The van der Waals surface area contributed by atoms with Crippen molar-refractivity contribution in [2.75, 3.05) is 11.9 Å². The maximum absolute atomic E-state index is 11.0. The van der Waals surface area contributed by atoms with Crippen molar-refractivity contribution in [3.63, 3.8) is 0 Å². The first kappa shape index (κ1) is 10.0. The summed E-state index contributed by atoms with van der Waals surface area (Å²) in [6.07, 6.45) is 1.34. The zero-order valence-corrected chi connectivity index (χ0v) is 8.79. The van der Waals surface area contributed by atoms with E-state index in [-0.39, 0.29) is 5.92 Å². The maximum Gasteiger partial charge on any atom is 0.306 e. The molecule has 0 spiro atoms. The Morgan fingerprint density at radius 2 is 2.33 bits per heavy atom. The van der Waals surface area contributed by atoms with E-state index in [2.05, 4.69) is 11.4 Å². The number of carboxylic acids is 1. The van der Waals surface area contributed by atoms with Crippen LogP contribution in [0.2, 0.25) is 0 Å². The third-order valence-corrected chi connectivity index (χ3v) is 2.88. The quantitative estimate of drug-likeness (QED) is 0.737. The molecule has 2 N–H and O–H groups in total. The highest BCUT2D eigenvalue weighted by atomic mass is 16.4. The fraction of sp³-hybridized carbons (Fsp3) is 0.417. The fourth-order valence-corrected chi connectivity index (χ4v) is 2.02. The van der Waals surface area contributed by atoms with Crippen LogP contribution >= 0.6 is 0 Å². The van der Waals surface area contributed by atoms with Gasteiger partial charge in [-0.3, -0.25) is 4.79 Å². The van der Waals surface area contributed by atoms with Crippen molar-refractivity contribution in [3.05, 3.63) is 29.3 Å². The van der Waals surface area contributed by atoms with E-state index in [1.807, 2.05) is 19.1 Å². The summed E-state index contributed by atoms with van der Waals surface area (Å²) < 4.78 is 0. The Morgan fingerprint density at radius 3 is 3.07 bits per heavy atom. The smallest absolute Gasteiger partial charge is 0.306 e. The molecule has 1 aliphatic rings. The maximum atomic E-state index is 11.0. The molecule has 0 aromatic heterocycles. The SMILES string of the molecule is Cc1ccc2c(c1)CC(C(=O)O)CCN2. The largest absolute Gasteiger partial charge is 0.481 e. The van der Waals surface area contributed by atoms with E-state index in [0.717, 1.165) is 17.8 Å². The van der Waals surface area contributed by atoms with E-state index in [4.69, 9.17) is 5.11 Å². The molecule has 0 saturated carbocycles. The van der Waals surface area contributed by atoms with E-state index in [9.17, 15) is 4.79 Å². The van der Waals surface area contributed by atoms with Crippen LogP contribution in [-0.2, 0) is 11.2 Å². The van der Waals surface area contributed by atoms with Crippen molar-refractivity contribution in [2.45, 2.75) is 19.8 Å². The molecule has 0 radical (unpaired) electrons. The number of carboxylic acid groups (broad SMARTS) is 1. The number of aliphatic carboxylic acids is 1. The van der Waals surface area contributed by atoms with Gasteiger partial charge in [0, 0.05) is 12.2 Å². The van der Waals surface area contributed by atoms with Gasteiger partial charge in [0.2, 0.25) is 0 Å². The minimum Gasteiger partial charge on any atom is -0.481 e. The van der Waals surface area contributed by atoms with Crippen LogP contribution in [0.1, 0.15) is 17.5 Å². The molecule has 1 heterocycles. The zero-order valence-electron chi connectivity index (χ0n) is 8.79. The Balaban J connectivity index is 2.31. The number of benzene rings is 1. The molecule has 15 heavy (non-hydrogen) atoms. The Hall–Kier alpha value is -1.51. The lowest BCUT2D eigenvalue weighted by Crippen LogP contribution is -2.16. The van der Waals surface area contributed by atoms with Crippen molar-refractivity contribution in [1.82, 2.24) is 0 Å². The van der Waals surface area contributed by atoms with Gasteiger partial charge in [-0.2, -0.15) is 0 Å². The van der Waals surface area contributed by atoms with E-state index >= 15 is 0 Å². The van der Waals surface area contributed by atoms with Gasteiger partial charge in [-0.15, -0.1) is 0 Å². The molecule has 2 rings (SSSR count). The van der Waals surface area contributed by atoms with Crippen molar-refractivity contribution in [2.24, 2.45) is 5.92 Å². The van der Waals surface area contributed by atoms with Gasteiger partial charge in [0.15, 0.2) is 0 Å². The predicted molar refractivity (Wildman–Crippen MR) is 59.1 cm³/mol. The summed E-state index contributed by atoms with van der Waals surface area (Å²) in [4.78, 5) is 11.0. The lowest BCUT2D eigenvalue weighted by Gasteiger charge is -2.09. The highest BCUT2D eigenvalue weighted by molar-refractivity contribution is 5.71. The molecule has 1 atom stereocenters. The summed E-state index contributed by atoms with van der Waals surface area (Å²) in [6.45, 7) is 2.77. The van der Waals surface area contributed by atoms with Crippen molar-refractivity contribution in [1.29, 1.82) is 0 Å². The molecular weight excluding hydrogens is 190 g/mol. The predicted octanol–water partition coefficient (Wildman–Crippen LogP) is 2.05. The van der Waals surface area contributed by atoms with Crippen LogP contribution in [0.3, 0.4) is 0 Å². The molecule has 1 aromatic rings. The third kappa shape index (κ3) is 2.12. The summed E-state index contributed by atoms with van der Waals surface area (Å²) in [5, 5.41) is 12.3. The molecule has 1 aromatic carbocycles. The Bertz CT molecular complexity index is 387. The van der Waals surface area contributed by atoms with E-state index in [1.165, 1.54) is 5.56 Å². The van der Waals surface area contributed by atoms with E-state index in [0.29, 0.717) is 12.8 Å². The van der Waals surface area contributed by atoms with Gasteiger partial charge in [-0.25, -0.2) is 0 Å². The number of anilines is 1. The Labute approximate surface area is 89.1 Å². The standard InChI is InChI=1S/C12H15NO2/c1-8-2-3-11-10(6-8)7-9(12(14)15)4-5-13-11/h2-3,6,9,13H,4-5,7H2,1H3,(H,14,15). The first-order chi connectivity index (χ1) is 7.16. The monoisotopic (exact) mass is 205 g/mol. The third-order valence-electron chi connectivity index (χ3n) is 2.88. The van der Waals surface area contributed by atoms with Crippen molar-refractivity contribution in [3.8, 4) is 0 Å². The number of aryl methyl sites for hydroxylation is 1. The number of fused-ring (bicyclic) bond motifs is 1. The topological polar surface area (TPSA) is 49.3 Å². The molecule has 0 saturated heterocycles. The van der Waals surface area contributed by atoms with Crippen LogP contribution in [0.5, 0.6) is 0 Å². The Kier molecular flexibility index (Phi) is 2.62. The molecule has 3 heteroatoms. The second-order valence-corrected chi connectivity index (χ2v) is 4.12. The van der Waals surface area contributed by atoms with E-state index < -0.39 is 5.97 Å². The first-order valence-electron chi connectivity index (χ1n) is 5.23. The summed E-state index contributed by atoms with van der Waals surface area (Å²) in [6, 6.07) is 6.16. The molecule has 0 bridgehead atoms. The van der Waals surface area contributed by atoms with Gasteiger partial charge in [0.1, 0.15) is 0 Å². The molecule has 0 aliphatic carbocycles. The number of nitrogens with one attached hydrogen (secondary N) is 1. The van der Waals surface area contributed by atoms with Gasteiger partial charge < -0.3 is 10.4 Å². The van der Waals surface area contributed by atoms with Crippen LogP contribution in [-0.4, -0.2) is 17.6 Å². The average molecular weight is 205 g/mol. The van der Waals surface area contributed by atoms with Crippen molar-refractivity contribution >= 4 is 11.7 Å². The molecule has 80 valence electrons. The van der Waals surface area contributed by atoms with Crippen LogP contribution < -0.4 is 5.32 Å². The van der Waals surface area contributed by atoms with Gasteiger partial charge in [0.05, 0.1) is 5.92 Å². The molecule has 0 amide bonds. The fourth-order valence-electron chi connectivity index (χ4n) is 2.02. The lowest BCUT2D eigenvalue weighted by atomic mass is 9.96. The van der Waals surface area contributed by atoms with E-state index in [1.54, 1.807) is 0 Å². The van der Waals surface area contributed by atoms with Gasteiger partial charge in [-0.1, -0.05) is 17.7 Å².